The van der Waals surface area contributed by atoms with E-state index in [1.165, 1.54) is 26.4 Å². The van der Waals surface area contributed by atoms with Crippen molar-refractivity contribution in [2.24, 2.45) is 5.10 Å². The largest absolute Gasteiger partial charge is 0.465 e. The van der Waals surface area contributed by atoms with Gasteiger partial charge in [0.1, 0.15) is 0 Å². The van der Waals surface area contributed by atoms with Crippen molar-refractivity contribution in [2.45, 2.75) is 45.2 Å². The van der Waals surface area contributed by atoms with Crippen LogP contribution in [0.2, 0.25) is 0 Å². The Kier molecular flexibility index (Phi) is 4.77. The average molecular weight is 274 g/mol. The van der Waals surface area contributed by atoms with Crippen molar-refractivity contribution in [3.63, 3.8) is 0 Å². The van der Waals surface area contributed by atoms with Gasteiger partial charge in [0, 0.05) is 12.1 Å². The summed E-state index contributed by atoms with van der Waals surface area (Å²) in [5.41, 5.74) is 1.55. The van der Waals surface area contributed by atoms with Gasteiger partial charge in [-0.2, -0.15) is 5.10 Å². The van der Waals surface area contributed by atoms with Crippen molar-refractivity contribution in [3.05, 3.63) is 35.4 Å². The molecule has 0 amide bonds. The molecule has 1 saturated heterocycles. The van der Waals surface area contributed by atoms with Crippen molar-refractivity contribution in [1.29, 1.82) is 0 Å². The summed E-state index contributed by atoms with van der Waals surface area (Å²) in [6, 6.07) is 8.27. The van der Waals surface area contributed by atoms with Crippen LogP contribution < -0.4 is 0 Å². The van der Waals surface area contributed by atoms with Crippen LogP contribution in [0.5, 0.6) is 0 Å². The van der Waals surface area contributed by atoms with E-state index in [2.05, 4.69) is 28.7 Å². The minimum absolute atomic E-state index is 0.313. The summed E-state index contributed by atoms with van der Waals surface area (Å²) in [5, 5.41) is 6.78. The minimum Gasteiger partial charge on any atom is -0.465 e. The van der Waals surface area contributed by atoms with Gasteiger partial charge in [-0.25, -0.2) is 4.79 Å². The SMILES string of the molecule is COC(=O)c1ccc(/C=N\N2[C@H](C)CCC[C@@H]2C)cc1. The lowest BCUT2D eigenvalue weighted by molar-refractivity contribution is 0.0600. The van der Waals surface area contributed by atoms with Crippen LogP contribution in [0.3, 0.4) is 0 Å². The number of ether oxygens (including phenoxy) is 1. The van der Waals surface area contributed by atoms with Crippen molar-refractivity contribution in [2.75, 3.05) is 7.11 Å². The quantitative estimate of drug-likeness (QED) is 0.628. The summed E-state index contributed by atoms with van der Waals surface area (Å²) in [5.74, 6) is -0.313. The molecule has 108 valence electrons. The molecule has 0 unspecified atom stereocenters. The molecular formula is C16H22N2O2. The summed E-state index contributed by atoms with van der Waals surface area (Å²) < 4.78 is 4.68. The van der Waals surface area contributed by atoms with E-state index in [1.807, 2.05) is 18.3 Å². The molecule has 2 rings (SSSR count). The van der Waals surface area contributed by atoms with Crippen molar-refractivity contribution < 1.29 is 9.53 Å². The van der Waals surface area contributed by atoms with E-state index in [1.54, 1.807) is 12.1 Å². The lowest BCUT2D eigenvalue weighted by atomic mass is 10.00. The molecule has 4 heteroatoms. The number of carbonyl (C=O) groups is 1. The highest BCUT2D eigenvalue weighted by Crippen LogP contribution is 2.22. The Morgan fingerprint density at radius 1 is 1.25 bits per heavy atom. The zero-order chi connectivity index (χ0) is 14.5. The van der Waals surface area contributed by atoms with Crippen LogP contribution in [0, 0.1) is 0 Å². The third-order valence-corrected chi connectivity index (χ3v) is 3.82. The first-order valence-electron chi connectivity index (χ1n) is 7.12. The van der Waals surface area contributed by atoms with E-state index in [9.17, 15) is 4.79 Å². The Labute approximate surface area is 120 Å². The Morgan fingerprint density at radius 2 is 1.85 bits per heavy atom. The monoisotopic (exact) mass is 274 g/mol. The van der Waals surface area contributed by atoms with Gasteiger partial charge in [-0.3, -0.25) is 5.01 Å². The van der Waals surface area contributed by atoms with Crippen LogP contribution in [0.15, 0.2) is 29.4 Å². The average Bonchev–Trinajstić information content (AvgIpc) is 2.46. The van der Waals surface area contributed by atoms with Gasteiger partial charge in [0.25, 0.3) is 0 Å². The Hall–Kier alpha value is -1.84. The molecule has 0 radical (unpaired) electrons. The van der Waals surface area contributed by atoms with E-state index in [4.69, 9.17) is 0 Å². The zero-order valence-electron chi connectivity index (χ0n) is 12.4. The van der Waals surface area contributed by atoms with Crippen LogP contribution in [-0.4, -0.2) is 36.4 Å². The predicted molar refractivity (Wildman–Crippen MR) is 80.0 cm³/mol. The fourth-order valence-electron chi connectivity index (χ4n) is 2.59. The summed E-state index contributed by atoms with van der Waals surface area (Å²) in [4.78, 5) is 11.4. The van der Waals surface area contributed by atoms with Crippen molar-refractivity contribution in [1.82, 2.24) is 5.01 Å². The highest BCUT2D eigenvalue weighted by atomic mass is 16.5. The van der Waals surface area contributed by atoms with Crippen LogP contribution in [-0.2, 0) is 4.74 Å². The van der Waals surface area contributed by atoms with Crippen LogP contribution in [0.1, 0.15) is 49.0 Å². The predicted octanol–water partition coefficient (Wildman–Crippen LogP) is 3.07. The minimum atomic E-state index is -0.313. The maximum Gasteiger partial charge on any atom is 0.337 e. The lowest BCUT2D eigenvalue weighted by Gasteiger charge is -2.36. The van der Waals surface area contributed by atoms with E-state index in [-0.39, 0.29) is 5.97 Å². The molecule has 0 N–H and O–H groups in total. The molecule has 0 spiro atoms. The molecule has 1 aromatic carbocycles. The first-order chi connectivity index (χ1) is 9.61. The number of carbonyl (C=O) groups excluding carboxylic acids is 1. The number of hydrazone groups is 1. The smallest absolute Gasteiger partial charge is 0.337 e. The van der Waals surface area contributed by atoms with Gasteiger partial charge < -0.3 is 4.74 Å². The molecule has 0 aliphatic carbocycles. The fraction of sp³-hybridized carbons (Fsp3) is 0.500. The molecule has 1 heterocycles. The van der Waals surface area contributed by atoms with Crippen LogP contribution in [0.4, 0.5) is 0 Å². The van der Waals surface area contributed by atoms with Gasteiger partial charge in [-0.15, -0.1) is 0 Å². The van der Waals surface area contributed by atoms with Gasteiger partial charge >= 0.3 is 5.97 Å². The number of hydrogen-bond donors (Lipinski definition) is 0. The number of benzene rings is 1. The Morgan fingerprint density at radius 3 is 2.40 bits per heavy atom. The number of methoxy groups -OCH3 is 1. The highest BCUT2D eigenvalue weighted by Gasteiger charge is 2.22. The molecule has 1 aliphatic heterocycles. The summed E-state index contributed by atoms with van der Waals surface area (Å²) in [6.07, 6.45) is 5.54. The molecule has 4 nitrogen and oxygen atoms in total. The third-order valence-electron chi connectivity index (χ3n) is 3.82. The second kappa shape index (κ2) is 6.55. The third kappa shape index (κ3) is 3.38. The molecule has 0 bridgehead atoms. The van der Waals surface area contributed by atoms with Gasteiger partial charge in [0.2, 0.25) is 0 Å². The maximum absolute atomic E-state index is 11.4. The number of nitrogens with zero attached hydrogens (tertiary/aromatic N) is 2. The van der Waals surface area contributed by atoms with Crippen molar-refractivity contribution in [3.8, 4) is 0 Å². The number of piperidine rings is 1. The Bertz CT molecular complexity index is 472. The molecular weight excluding hydrogens is 252 g/mol. The molecule has 0 aromatic heterocycles. The second-order valence-corrected chi connectivity index (χ2v) is 5.37. The van der Waals surface area contributed by atoms with E-state index in [0.717, 1.165) is 5.56 Å². The molecule has 1 aliphatic rings. The van der Waals surface area contributed by atoms with Crippen LogP contribution >= 0.6 is 0 Å². The second-order valence-electron chi connectivity index (χ2n) is 5.37. The van der Waals surface area contributed by atoms with Gasteiger partial charge in [0.05, 0.1) is 18.9 Å². The van der Waals surface area contributed by atoms with E-state index >= 15 is 0 Å². The summed E-state index contributed by atoms with van der Waals surface area (Å²) in [7, 11) is 1.39. The summed E-state index contributed by atoms with van der Waals surface area (Å²) >= 11 is 0. The standard InChI is InChI=1S/C16H22N2O2/c1-12-5-4-6-13(2)18(12)17-11-14-7-9-15(10-8-14)16(19)20-3/h7-13H,4-6H2,1-3H3/b17-11-/t12-,13+. The molecule has 0 saturated carbocycles. The molecule has 1 fully saturated rings. The lowest BCUT2D eigenvalue weighted by Crippen LogP contribution is -2.39. The molecule has 2 atom stereocenters. The van der Waals surface area contributed by atoms with Crippen LogP contribution in [0.25, 0.3) is 0 Å². The Balaban J connectivity index is 2.05. The van der Waals surface area contributed by atoms with Gasteiger partial charge in [0.15, 0.2) is 0 Å². The normalized spacial score (nSPS) is 23.1. The highest BCUT2D eigenvalue weighted by molar-refractivity contribution is 5.90. The molecule has 1 aromatic rings. The molecule has 20 heavy (non-hydrogen) atoms. The number of rotatable bonds is 3. The van der Waals surface area contributed by atoms with Gasteiger partial charge in [-0.05, 0) is 50.8 Å². The van der Waals surface area contributed by atoms with Gasteiger partial charge in [-0.1, -0.05) is 12.1 Å². The topological polar surface area (TPSA) is 41.9 Å². The first kappa shape index (κ1) is 14.6. The van der Waals surface area contributed by atoms with E-state index in [0.29, 0.717) is 17.6 Å². The number of esters is 1. The maximum atomic E-state index is 11.4. The van der Waals surface area contributed by atoms with Crippen molar-refractivity contribution >= 4 is 12.2 Å². The fourth-order valence-corrected chi connectivity index (χ4v) is 2.59. The summed E-state index contributed by atoms with van der Waals surface area (Å²) in [6.45, 7) is 4.43. The zero-order valence-corrected chi connectivity index (χ0v) is 12.4. The van der Waals surface area contributed by atoms with E-state index < -0.39 is 0 Å². The number of hydrogen-bond acceptors (Lipinski definition) is 4. The first-order valence-corrected chi connectivity index (χ1v) is 7.12.